The van der Waals surface area contributed by atoms with Crippen LogP contribution in [0.2, 0.25) is 0 Å². The van der Waals surface area contributed by atoms with E-state index in [0.717, 1.165) is 0 Å². The van der Waals surface area contributed by atoms with Crippen molar-refractivity contribution < 1.29 is 65.1 Å². The van der Waals surface area contributed by atoms with Gasteiger partial charge in [0, 0.05) is 0 Å². The summed E-state index contributed by atoms with van der Waals surface area (Å²) in [4.78, 5) is 8.44. The molecule has 4 nitrogen and oxygen atoms in total. The Kier molecular flexibility index (Phi) is 59.5. The van der Waals surface area contributed by atoms with Crippen molar-refractivity contribution in [3.63, 3.8) is 0 Å². The molecule has 0 fully saturated rings. The Balaban J connectivity index is -0.0000000150. The van der Waals surface area contributed by atoms with Crippen molar-refractivity contribution in [2.45, 2.75) is 0 Å². The van der Waals surface area contributed by atoms with Gasteiger partial charge in [0.2, 0.25) is 6.16 Å². The van der Waals surface area contributed by atoms with Gasteiger partial charge in [-0.25, -0.2) is 0 Å². The average Bonchev–Trinajstić information content (AvgIpc) is 0.811. The summed E-state index contributed by atoms with van der Waals surface area (Å²) in [6.45, 7) is 0. The monoisotopic (exact) mass is 255 g/mol. The second-order valence-corrected chi connectivity index (χ2v) is 0.266. The van der Waals surface area contributed by atoms with Crippen LogP contribution in [0.4, 0.5) is 4.79 Å². The van der Waals surface area contributed by atoms with Crippen LogP contribution in [0.3, 0.4) is 0 Å². The molecule has 1 radical (unpaired) electrons. The first-order valence-corrected chi connectivity index (χ1v) is 0.632. The Hall–Kier alpha value is 0.485. The molecule has 45 valence electrons. The van der Waals surface area contributed by atoms with Crippen molar-refractivity contribution in [3.05, 3.63) is 0 Å². The quantitative estimate of drug-likeness (QED) is 0.474. The maximum absolute atomic E-state index is 8.44. The van der Waals surface area contributed by atoms with Gasteiger partial charge in [-0.2, -0.15) is 0 Å². The van der Waals surface area contributed by atoms with Gasteiger partial charge in [-0.15, -0.1) is 0 Å². The molecule has 0 aromatic heterocycles. The van der Waals surface area contributed by atoms with Crippen LogP contribution in [0.25, 0.3) is 0 Å². The van der Waals surface area contributed by atoms with E-state index in [1.54, 1.807) is 0 Å². The molecule has 0 aromatic carbocycles. The summed E-state index contributed by atoms with van der Waals surface area (Å²) in [5.74, 6) is 0. The van der Waals surface area contributed by atoms with Gasteiger partial charge in [-0.05, 0) is 0 Å². The molecule has 0 amide bonds. The van der Waals surface area contributed by atoms with Crippen LogP contribution < -0.4 is 9.81 Å². The molecule has 7 heavy (non-hydrogen) atoms. The van der Waals surface area contributed by atoms with E-state index in [4.69, 9.17) is 15.0 Å². The van der Waals surface area contributed by atoms with E-state index in [9.17, 15) is 0 Å². The fourth-order valence-electron chi connectivity index (χ4n) is 0. The molecule has 0 atom stereocenters. The third-order valence-corrected chi connectivity index (χ3v) is 0. The van der Waals surface area contributed by atoms with E-state index in [1.165, 1.54) is 0 Å². The van der Waals surface area contributed by atoms with Gasteiger partial charge in [-0.1, -0.05) is 0 Å². The average molecular weight is 254 g/mol. The summed E-state index contributed by atoms with van der Waals surface area (Å²) in [5.41, 5.74) is 0. The van der Waals surface area contributed by atoms with E-state index in [0.29, 0.717) is 0 Å². The molecule has 6 heteroatoms. The first kappa shape index (κ1) is 25.9. The van der Waals surface area contributed by atoms with E-state index < -0.39 is 6.16 Å². The molecule has 0 bridgehead atoms. The third kappa shape index (κ3) is 555. The summed E-state index contributed by atoms with van der Waals surface area (Å²) >= 11 is 0. The van der Waals surface area contributed by atoms with Crippen LogP contribution in [0.5, 0.6) is 0 Å². The predicted octanol–water partition coefficient (Wildman–Crippen LogP) is -4.29. The minimum atomic E-state index is -2.08. The van der Waals surface area contributed by atoms with Crippen LogP contribution in [0.15, 0.2) is 0 Å². The Bertz CT molecular complexity index is 34.7. The van der Waals surface area contributed by atoms with Crippen molar-refractivity contribution in [3.8, 4) is 0 Å². The van der Waals surface area contributed by atoms with Gasteiger partial charge in [0.25, 0.3) is 0 Å². The van der Waals surface area contributed by atoms with Gasteiger partial charge >= 0.3 is 39.9 Å². The van der Waals surface area contributed by atoms with Crippen molar-refractivity contribution in [1.29, 1.82) is 0 Å². The minimum absolute atomic E-state index is 0. The molecule has 0 aliphatic rings. The van der Waals surface area contributed by atoms with Gasteiger partial charge in [-0.3, -0.25) is 0 Å². The molecule has 0 rings (SSSR count). The smallest absolute Gasteiger partial charge is 1.00 e. The SMILES string of the molecule is O=C([O-])O.[F-].[Gd+3].[OH-]. The molecule has 0 saturated heterocycles. The van der Waals surface area contributed by atoms with Gasteiger partial charge in [0.15, 0.2) is 0 Å². The number of hydrogen-bond acceptors (Lipinski definition) is 3. The summed E-state index contributed by atoms with van der Waals surface area (Å²) in [6, 6.07) is 0. The van der Waals surface area contributed by atoms with E-state index in [2.05, 4.69) is 0 Å². The molecule has 0 aromatic rings. The van der Waals surface area contributed by atoms with Gasteiger partial charge in [0.1, 0.15) is 0 Å². The zero-order valence-electron chi connectivity index (χ0n) is 2.94. The fourth-order valence-corrected chi connectivity index (χ4v) is 0. The molecular weight excluding hydrogens is 252 g/mol. The Morgan fingerprint density at radius 1 is 1.57 bits per heavy atom. The number of carboxylic acid groups (broad SMARTS) is 2. The van der Waals surface area contributed by atoms with Crippen molar-refractivity contribution in [2.75, 3.05) is 0 Å². The summed E-state index contributed by atoms with van der Waals surface area (Å²) < 4.78 is 0. The molecule has 0 unspecified atom stereocenters. The Morgan fingerprint density at radius 2 is 1.57 bits per heavy atom. The summed E-state index contributed by atoms with van der Waals surface area (Å²) in [6.07, 6.45) is -2.08. The summed E-state index contributed by atoms with van der Waals surface area (Å²) in [7, 11) is 0. The summed E-state index contributed by atoms with van der Waals surface area (Å²) in [5, 5.41) is 15.3. The maximum atomic E-state index is 8.44. The normalized spacial score (nSPS) is 3.43. The van der Waals surface area contributed by atoms with E-state index >= 15 is 0 Å². The molecule has 0 aliphatic carbocycles. The van der Waals surface area contributed by atoms with Crippen LogP contribution in [-0.4, -0.2) is 16.7 Å². The molecule has 2 N–H and O–H groups in total. The van der Waals surface area contributed by atoms with Gasteiger partial charge < -0.3 is 25.2 Å². The molecule has 0 heterocycles. The Morgan fingerprint density at radius 3 is 1.57 bits per heavy atom. The number of rotatable bonds is 0. The number of hydrogen-bond donors (Lipinski definition) is 1. The predicted molar refractivity (Wildman–Crippen MR) is 9.96 cm³/mol. The molecule has 0 saturated carbocycles. The van der Waals surface area contributed by atoms with Crippen LogP contribution in [0.1, 0.15) is 0 Å². The number of carbonyl (C=O) groups is 1. The van der Waals surface area contributed by atoms with Crippen LogP contribution in [0, 0.1) is 39.9 Å². The zero-order valence-corrected chi connectivity index (χ0v) is 5.21. The topological polar surface area (TPSA) is 90.4 Å². The second kappa shape index (κ2) is 16.1. The molecule has 0 spiro atoms. The van der Waals surface area contributed by atoms with Crippen molar-refractivity contribution in [1.82, 2.24) is 0 Å². The second-order valence-electron chi connectivity index (χ2n) is 0.266. The first-order valence-electron chi connectivity index (χ1n) is 0.632. The van der Waals surface area contributed by atoms with E-state index in [1.807, 2.05) is 0 Å². The Labute approximate surface area is 70.9 Å². The zero-order chi connectivity index (χ0) is 3.58. The van der Waals surface area contributed by atoms with Crippen molar-refractivity contribution >= 4 is 6.16 Å². The fraction of sp³-hybridized carbons (Fsp3) is 0. The maximum Gasteiger partial charge on any atom is 3.00 e. The molecule has 0 aliphatic heterocycles. The number of halogens is 1. The van der Waals surface area contributed by atoms with E-state index in [-0.39, 0.29) is 50.1 Å². The van der Waals surface area contributed by atoms with Crippen LogP contribution >= 0.6 is 0 Å². The largest absolute Gasteiger partial charge is 3.00 e. The standard InChI is InChI=1S/CH2O3.FH.Gd.H2O/c2-1(3)4;;;/h(H2,2,3,4);1H;;1H2/q;;+3;/p-3. The third-order valence-electron chi connectivity index (χ3n) is 0. The van der Waals surface area contributed by atoms with Crippen LogP contribution in [-0.2, 0) is 0 Å². The first-order chi connectivity index (χ1) is 1.73. The molecular formula is CH2FGdO4. The minimum Gasteiger partial charge on any atom is -1.00 e. The van der Waals surface area contributed by atoms with Gasteiger partial charge in [0.05, 0.1) is 0 Å². The van der Waals surface area contributed by atoms with Crippen molar-refractivity contribution in [2.24, 2.45) is 0 Å².